The Kier molecular flexibility index (Phi) is 7.20. The zero-order chi connectivity index (χ0) is 24.1. The summed E-state index contributed by atoms with van der Waals surface area (Å²) in [5.41, 5.74) is 2.53. The van der Waals surface area contributed by atoms with E-state index < -0.39 is 10.0 Å². The van der Waals surface area contributed by atoms with Crippen LogP contribution in [0.2, 0.25) is 0 Å². The van der Waals surface area contributed by atoms with Crippen LogP contribution in [0.4, 0.5) is 5.69 Å². The number of ether oxygens (including phenoxy) is 1. The van der Waals surface area contributed by atoms with Gasteiger partial charge in [-0.25, -0.2) is 13.4 Å². The molecule has 1 aromatic heterocycles. The van der Waals surface area contributed by atoms with Crippen LogP contribution in [0.1, 0.15) is 17.7 Å². The lowest BCUT2D eigenvalue weighted by molar-refractivity contribution is -0.116. The number of aryl methyl sites for hydroxylation is 2. The quantitative estimate of drug-likeness (QED) is 0.533. The Morgan fingerprint density at radius 2 is 1.85 bits per heavy atom. The molecule has 2 aromatic carbocycles. The normalized spacial score (nSPS) is 14.6. The number of aromatic amines is 1. The minimum absolute atomic E-state index is 0.173. The fourth-order valence-corrected chi connectivity index (χ4v) is 5.11. The van der Waals surface area contributed by atoms with E-state index in [1.165, 1.54) is 10.4 Å². The molecule has 1 amide bonds. The van der Waals surface area contributed by atoms with Crippen LogP contribution in [0.3, 0.4) is 0 Å². The van der Waals surface area contributed by atoms with Crippen molar-refractivity contribution in [3.8, 4) is 11.4 Å². The lowest BCUT2D eigenvalue weighted by atomic mass is 10.1. The number of H-pyrrole nitrogens is 1. The molecule has 4 rings (SSSR count). The smallest absolute Gasteiger partial charge is 0.251 e. The van der Waals surface area contributed by atoms with E-state index in [0.29, 0.717) is 55.5 Å². The third-order valence-corrected chi connectivity index (χ3v) is 7.37. The van der Waals surface area contributed by atoms with E-state index in [1.807, 2.05) is 0 Å². The summed E-state index contributed by atoms with van der Waals surface area (Å²) in [6.45, 7) is 3.24. The monoisotopic (exact) mass is 482 g/mol. The first kappa shape index (κ1) is 23.8. The number of carbonyl (C=O) groups excluding carboxylic acids is 1. The number of carbonyl (C=O) groups is 1. The van der Waals surface area contributed by atoms with Crippen LogP contribution in [0, 0.1) is 6.92 Å². The molecule has 9 nitrogen and oxygen atoms in total. The number of sulfonamides is 1. The summed E-state index contributed by atoms with van der Waals surface area (Å²) in [7, 11) is -3.54. The molecule has 0 bridgehead atoms. The number of morpholine rings is 1. The highest BCUT2D eigenvalue weighted by atomic mass is 32.2. The molecule has 0 radical (unpaired) electrons. The molecule has 0 aliphatic carbocycles. The molecule has 0 atom stereocenters. The second kappa shape index (κ2) is 10.3. The van der Waals surface area contributed by atoms with Gasteiger partial charge in [-0.05, 0) is 43.2 Å². The Balaban J connectivity index is 1.36. The number of hydrogen-bond acceptors (Lipinski definition) is 6. The van der Waals surface area contributed by atoms with Crippen molar-refractivity contribution in [2.24, 2.45) is 0 Å². The van der Waals surface area contributed by atoms with E-state index in [0.717, 1.165) is 5.56 Å². The fourth-order valence-electron chi connectivity index (χ4n) is 3.71. The second-order valence-corrected chi connectivity index (χ2v) is 9.96. The van der Waals surface area contributed by atoms with Gasteiger partial charge in [0.05, 0.1) is 18.1 Å². The Labute approximate surface area is 197 Å². The Bertz CT molecular complexity index is 1330. The van der Waals surface area contributed by atoms with E-state index in [4.69, 9.17) is 4.74 Å². The van der Waals surface area contributed by atoms with Crippen LogP contribution in [0.25, 0.3) is 11.4 Å². The molecular weight excluding hydrogens is 456 g/mol. The number of rotatable bonds is 7. The van der Waals surface area contributed by atoms with Crippen molar-refractivity contribution < 1.29 is 17.9 Å². The maximum Gasteiger partial charge on any atom is 0.251 e. The largest absolute Gasteiger partial charge is 0.379 e. The summed E-state index contributed by atoms with van der Waals surface area (Å²) in [5.74, 6) is 0.265. The average molecular weight is 483 g/mol. The molecule has 0 unspecified atom stereocenters. The number of hydrogen-bond donors (Lipinski definition) is 2. The Morgan fingerprint density at radius 1 is 1.12 bits per heavy atom. The lowest BCUT2D eigenvalue weighted by Crippen LogP contribution is -2.40. The summed E-state index contributed by atoms with van der Waals surface area (Å²) < 4.78 is 32.1. The van der Waals surface area contributed by atoms with Gasteiger partial charge >= 0.3 is 0 Å². The number of nitrogens with zero attached hydrogens (tertiary/aromatic N) is 2. The summed E-state index contributed by atoms with van der Waals surface area (Å²) in [6, 6.07) is 15.2. The molecule has 3 aromatic rings. The maximum atomic E-state index is 12.7. The van der Waals surface area contributed by atoms with Gasteiger partial charge in [-0.15, -0.1) is 0 Å². The number of benzene rings is 2. The molecule has 1 aliphatic heterocycles. The molecule has 2 heterocycles. The van der Waals surface area contributed by atoms with E-state index in [9.17, 15) is 18.0 Å². The minimum Gasteiger partial charge on any atom is -0.379 e. The van der Waals surface area contributed by atoms with Crippen molar-refractivity contribution in [1.29, 1.82) is 0 Å². The molecule has 1 aliphatic rings. The van der Waals surface area contributed by atoms with E-state index >= 15 is 0 Å². The first-order valence-corrected chi connectivity index (χ1v) is 12.4. The first-order valence-electron chi connectivity index (χ1n) is 11.0. The number of amides is 1. The molecular formula is C24H26N4O5S. The summed E-state index contributed by atoms with van der Waals surface area (Å²) in [6.07, 6.45) is 0.704. The molecule has 1 fully saturated rings. The van der Waals surface area contributed by atoms with Crippen molar-refractivity contribution in [1.82, 2.24) is 14.3 Å². The minimum atomic E-state index is -3.54. The predicted molar refractivity (Wildman–Crippen MR) is 128 cm³/mol. The summed E-state index contributed by atoms with van der Waals surface area (Å²) in [4.78, 5) is 31.5. The van der Waals surface area contributed by atoms with Gasteiger partial charge in [-0.1, -0.05) is 24.3 Å². The number of aromatic nitrogens is 2. The summed E-state index contributed by atoms with van der Waals surface area (Å²) in [5, 5.41) is 2.86. The highest BCUT2D eigenvalue weighted by Gasteiger charge is 2.26. The topological polar surface area (TPSA) is 121 Å². The van der Waals surface area contributed by atoms with Gasteiger partial charge in [0.2, 0.25) is 15.9 Å². The van der Waals surface area contributed by atoms with Crippen molar-refractivity contribution in [3.05, 3.63) is 76.2 Å². The number of nitrogens with one attached hydrogen (secondary N) is 2. The molecule has 34 heavy (non-hydrogen) atoms. The SMILES string of the molecule is Cc1cc(=O)[nH]c(-c2cccc(NC(=O)CCc3ccc(S(=O)(=O)N4CCOCC4)cc3)c2)n1. The first-order chi connectivity index (χ1) is 16.3. The van der Waals surface area contributed by atoms with E-state index in [1.54, 1.807) is 55.5 Å². The molecule has 2 N–H and O–H groups in total. The van der Waals surface area contributed by atoms with Crippen LogP contribution in [0.5, 0.6) is 0 Å². The second-order valence-electron chi connectivity index (χ2n) is 8.02. The van der Waals surface area contributed by atoms with Crippen molar-refractivity contribution >= 4 is 21.6 Å². The van der Waals surface area contributed by atoms with E-state index in [2.05, 4.69) is 15.3 Å². The highest BCUT2D eigenvalue weighted by molar-refractivity contribution is 7.89. The van der Waals surface area contributed by atoms with Crippen molar-refractivity contribution in [2.45, 2.75) is 24.7 Å². The molecule has 178 valence electrons. The van der Waals surface area contributed by atoms with Gasteiger partial charge in [0.25, 0.3) is 5.56 Å². The van der Waals surface area contributed by atoms with Gasteiger partial charge in [-0.3, -0.25) is 9.59 Å². The van der Waals surface area contributed by atoms with Crippen LogP contribution in [-0.4, -0.2) is 54.9 Å². The molecule has 10 heteroatoms. The van der Waals surface area contributed by atoms with Gasteiger partial charge in [0.1, 0.15) is 5.82 Å². The third-order valence-electron chi connectivity index (χ3n) is 5.46. The maximum absolute atomic E-state index is 12.7. The fraction of sp³-hybridized carbons (Fsp3) is 0.292. The van der Waals surface area contributed by atoms with Gasteiger partial charge in [0.15, 0.2) is 0 Å². The van der Waals surface area contributed by atoms with Crippen LogP contribution >= 0.6 is 0 Å². The third kappa shape index (κ3) is 5.77. The molecule has 0 spiro atoms. The number of anilines is 1. The van der Waals surface area contributed by atoms with Gasteiger partial charge < -0.3 is 15.0 Å². The van der Waals surface area contributed by atoms with Crippen LogP contribution in [-0.2, 0) is 26.0 Å². The zero-order valence-electron chi connectivity index (χ0n) is 18.8. The molecule has 1 saturated heterocycles. The predicted octanol–water partition coefficient (Wildman–Crippen LogP) is 2.34. The lowest BCUT2D eigenvalue weighted by Gasteiger charge is -2.26. The average Bonchev–Trinajstić information content (AvgIpc) is 2.83. The Morgan fingerprint density at radius 3 is 2.56 bits per heavy atom. The van der Waals surface area contributed by atoms with Crippen molar-refractivity contribution in [3.63, 3.8) is 0 Å². The van der Waals surface area contributed by atoms with Gasteiger partial charge in [0, 0.05) is 42.5 Å². The van der Waals surface area contributed by atoms with Gasteiger partial charge in [-0.2, -0.15) is 4.31 Å². The van der Waals surface area contributed by atoms with Crippen LogP contribution < -0.4 is 10.9 Å². The standard InChI is InChI=1S/C24H26N4O5S/c1-17-15-23(30)27-24(25-17)19-3-2-4-20(16-19)26-22(29)10-7-18-5-8-21(9-6-18)34(31,32)28-11-13-33-14-12-28/h2-6,8-9,15-16H,7,10-14H2,1H3,(H,26,29)(H,25,27,30). The van der Waals surface area contributed by atoms with Crippen LogP contribution in [0.15, 0.2) is 64.3 Å². The zero-order valence-corrected chi connectivity index (χ0v) is 19.6. The van der Waals surface area contributed by atoms with E-state index in [-0.39, 0.29) is 22.8 Å². The van der Waals surface area contributed by atoms with Crippen molar-refractivity contribution in [2.75, 3.05) is 31.6 Å². The molecule has 0 saturated carbocycles. The summed E-state index contributed by atoms with van der Waals surface area (Å²) >= 11 is 0. The Hall–Kier alpha value is -3.34. The highest BCUT2D eigenvalue weighted by Crippen LogP contribution is 2.20.